The number of hydrogen-bond donors (Lipinski definition) is 4. The number of aliphatic hydroxyl groups is 1. The number of nitrogens with one attached hydrogen (secondary N) is 1. The summed E-state index contributed by atoms with van der Waals surface area (Å²) in [5.41, 5.74) is -1.53. The Kier molecular flexibility index (Phi) is 4.29. The van der Waals surface area contributed by atoms with Gasteiger partial charge in [0.1, 0.15) is 11.5 Å². The molecular formula is C9H10F4N4O2. The predicted octanol–water partition coefficient (Wildman–Crippen LogP) is 0.600. The van der Waals surface area contributed by atoms with Crippen molar-refractivity contribution in [2.24, 2.45) is 11.7 Å². The Labute approximate surface area is 104 Å². The van der Waals surface area contributed by atoms with Crippen LogP contribution in [0.4, 0.5) is 28.0 Å². The van der Waals surface area contributed by atoms with Crippen LogP contribution in [0.25, 0.3) is 0 Å². The first-order valence-electron chi connectivity index (χ1n) is 4.78. The van der Waals surface area contributed by atoms with Gasteiger partial charge in [-0.1, -0.05) is 0 Å². The van der Waals surface area contributed by atoms with Crippen molar-refractivity contribution in [2.45, 2.75) is 12.8 Å². The molecular weight excluding hydrogens is 272 g/mol. The van der Waals surface area contributed by atoms with Crippen molar-refractivity contribution in [3.8, 4) is 0 Å². The zero-order chi connectivity index (χ0) is 14.8. The van der Waals surface area contributed by atoms with Crippen molar-refractivity contribution in [2.75, 3.05) is 5.01 Å². The van der Waals surface area contributed by atoms with Crippen molar-refractivity contribution >= 4 is 11.7 Å². The number of carbonyl (C=O) groups excluding carboxylic acids is 1. The molecule has 1 aromatic carbocycles. The summed E-state index contributed by atoms with van der Waals surface area (Å²) in [6, 6.07) is -0.313. The van der Waals surface area contributed by atoms with E-state index in [9.17, 15) is 22.4 Å². The summed E-state index contributed by atoms with van der Waals surface area (Å²) < 4.78 is 51.6. The lowest BCUT2D eigenvalue weighted by Gasteiger charge is -2.22. The normalized spacial score (nSPS) is 11.3. The molecule has 0 unspecified atom stereocenters. The number of aliphatic hydroxyl groups excluding tert-OH is 1. The van der Waals surface area contributed by atoms with Crippen LogP contribution in [0.3, 0.4) is 0 Å². The Bertz CT molecular complexity index is 492. The summed E-state index contributed by atoms with van der Waals surface area (Å²) in [6.45, 7) is -1.16. The van der Waals surface area contributed by atoms with Gasteiger partial charge in [-0.25, -0.2) is 25.9 Å². The van der Waals surface area contributed by atoms with Gasteiger partial charge in [-0.15, -0.1) is 0 Å². The van der Waals surface area contributed by atoms with Gasteiger partial charge in [0.05, 0.1) is 12.2 Å². The highest BCUT2D eigenvalue weighted by atomic mass is 19.4. The smallest absolute Gasteiger partial charge is 0.392 e. The first-order chi connectivity index (χ1) is 8.73. The summed E-state index contributed by atoms with van der Waals surface area (Å²) in [5.74, 6) is 8.70. The number of halogens is 4. The minimum absolute atomic E-state index is 0.0517. The first-order valence-corrected chi connectivity index (χ1v) is 4.78. The Morgan fingerprint density at radius 3 is 2.42 bits per heavy atom. The van der Waals surface area contributed by atoms with Gasteiger partial charge in [0, 0.05) is 5.56 Å². The molecule has 0 atom stereocenters. The molecule has 0 bridgehead atoms. The van der Waals surface area contributed by atoms with Crippen molar-refractivity contribution < 1.29 is 27.5 Å². The minimum Gasteiger partial charge on any atom is -0.392 e. The van der Waals surface area contributed by atoms with E-state index in [1.165, 1.54) is 5.43 Å². The number of benzene rings is 1. The van der Waals surface area contributed by atoms with Crippen LogP contribution in [-0.2, 0) is 12.8 Å². The van der Waals surface area contributed by atoms with Crippen molar-refractivity contribution in [1.29, 1.82) is 0 Å². The average Bonchev–Trinajstić information content (AvgIpc) is 2.34. The van der Waals surface area contributed by atoms with E-state index in [-0.39, 0.29) is 5.01 Å². The van der Waals surface area contributed by atoms with E-state index in [0.717, 1.165) is 0 Å². The summed E-state index contributed by atoms with van der Waals surface area (Å²) in [4.78, 5) is 11.1. The lowest BCUT2D eigenvalue weighted by Crippen LogP contribution is -2.48. The van der Waals surface area contributed by atoms with Gasteiger partial charge in [-0.05, 0) is 12.1 Å². The maximum atomic E-state index is 13.5. The number of anilines is 1. The minimum atomic E-state index is -4.83. The number of rotatable bonds is 2. The zero-order valence-corrected chi connectivity index (χ0v) is 9.33. The van der Waals surface area contributed by atoms with Crippen LogP contribution in [0.2, 0.25) is 0 Å². The Hall–Kier alpha value is -1.91. The maximum absolute atomic E-state index is 13.5. The van der Waals surface area contributed by atoms with Gasteiger partial charge < -0.3 is 5.11 Å². The second kappa shape index (κ2) is 5.38. The lowest BCUT2D eigenvalue weighted by molar-refractivity contribution is -0.138. The fourth-order valence-corrected chi connectivity index (χ4v) is 1.46. The largest absolute Gasteiger partial charge is 0.416 e. The Morgan fingerprint density at radius 1 is 1.42 bits per heavy atom. The number of alkyl halides is 3. The predicted molar refractivity (Wildman–Crippen MR) is 56.7 cm³/mol. The third kappa shape index (κ3) is 2.92. The van der Waals surface area contributed by atoms with Gasteiger partial charge in [-0.2, -0.15) is 13.2 Å². The molecule has 19 heavy (non-hydrogen) atoms. The van der Waals surface area contributed by atoms with E-state index in [1.54, 1.807) is 0 Å². The van der Waals surface area contributed by atoms with E-state index in [0.29, 0.717) is 12.1 Å². The van der Waals surface area contributed by atoms with Gasteiger partial charge >= 0.3 is 12.2 Å². The molecule has 106 valence electrons. The first kappa shape index (κ1) is 15.1. The quantitative estimate of drug-likeness (QED) is 0.276. The summed E-state index contributed by atoms with van der Waals surface area (Å²) >= 11 is 0. The molecule has 10 heteroatoms. The van der Waals surface area contributed by atoms with E-state index in [4.69, 9.17) is 16.8 Å². The van der Waals surface area contributed by atoms with Crippen LogP contribution in [0.5, 0.6) is 0 Å². The molecule has 0 heterocycles. The standard InChI is InChI=1S/C9H10F4N4O2/c10-6-2-1-5(9(11,12)13)4(3-18)7(6)17(15)8(19)16-14/h1-2,18H,3,14-15H2,(H,16,19). The van der Waals surface area contributed by atoms with Crippen LogP contribution in [-0.4, -0.2) is 11.1 Å². The molecule has 0 fully saturated rings. The number of nitrogens with zero attached hydrogens (tertiary/aromatic N) is 1. The molecule has 0 saturated heterocycles. The van der Waals surface area contributed by atoms with Crippen LogP contribution in [0.1, 0.15) is 11.1 Å². The summed E-state index contributed by atoms with van der Waals surface area (Å²) in [5, 5.41) is 9.03. The van der Waals surface area contributed by atoms with E-state index >= 15 is 0 Å². The Balaban J connectivity index is 3.50. The molecule has 0 aliphatic heterocycles. The molecule has 0 aliphatic rings. The second-order valence-corrected chi connectivity index (χ2v) is 3.40. The van der Waals surface area contributed by atoms with Crippen LogP contribution < -0.4 is 22.1 Å². The van der Waals surface area contributed by atoms with Crippen LogP contribution in [0, 0.1) is 5.82 Å². The molecule has 1 rings (SSSR count). The number of urea groups is 1. The third-order valence-corrected chi connectivity index (χ3v) is 2.28. The number of nitrogens with two attached hydrogens (primary N) is 2. The van der Waals surface area contributed by atoms with Gasteiger partial charge in [-0.3, -0.25) is 5.43 Å². The average molecular weight is 282 g/mol. The molecule has 2 amide bonds. The monoisotopic (exact) mass is 282 g/mol. The van der Waals surface area contributed by atoms with Crippen molar-refractivity contribution in [1.82, 2.24) is 5.43 Å². The topological polar surface area (TPSA) is 105 Å². The lowest BCUT2D eigenvalue weighted by atomic mass is 10.0. The van der Waals surface area contributed by atoms with Crippen LogP contribution in [0.15, 0.2) is 12.1 Å². The molecule has 6 N–H and O–H groups in total. The zero-order valence-electron chi connectivity index (χ0n) is 9.33. The highest BCUT2D eigenvalue weighted by Crippen LogP contribution is 2.37. The molecule has 1 aromatic rings. The SMILES string of the molecule is NNC(=O)N(N)c1c(F)ccc(C(F)(F)F)c1CO. The van der Waals surface area contributed by atoms with Gasteiger partial charge in [0.25, 0.3) is 0 Å². The molecule has 6 nitrogen and oxygen atoms in total. The molecule has 0 saturated carbocycles. The second-order valence-electron chi connectivity index (χ2n) is 3.40. The van der Waals surface area contributed by atoms with E-state index in [1.807, 2.05) is 0 Å². The molecule has 0 aliphatic carbocycles. The van der Waals surface area contributed by atoms with E-state index < -0.39 is 41.4 Å². The van der Waals surface area contributed by atoms with Gasteiger partial charge in [0.15, 0.2) is 0 Å². The number of hydrogen-bond acceptors (Lipinski definition) is 4. The number of amides is 2. The van der Waals surface area contributed by atoms with Crippen molar-refractivity contribution in [3.63, 3.8) is 0 Å². The maximum Gasteiger partial charge on any atom is 0.416 e. The number of carbonyl (C=O) groups is 1. The molecule has 0 radical (unpaired) electrons. The van der Waals surface area contributed by atoms with Crippen LogP contribution >= 0.6 is 0 Å². The summed E-state index contributed by atoms with van der Waals surface area (Å²) in [6.07, 6.45) is -4.83. The van der Waals surface area contributed by atoms with E-state index in [2.05, 4.69) is 0 Å². The van der Waals surface area contributed by atoms with Gasteiger partial charge in [0.2, 0.25) is 0 Å². The number of hydrazine groups is 2. The highest BCUT2D eigenvalue weighted by molar-refractivity contribution is 5.91. The fourth-order valence-electron chi connectivity index (χ4n) is 1.46. The molecule has 0 spiro atoms. The molecule has 0 aromatic heterocycles. The third-order valence-electron chi connectivity index (χ3n) is 2.28. The summed E-state index contributed by atoms with van der Waals surface area (Å²) in [7, 11) is 0. The van der Waals surface area contributed by atoms with Crippen molar-refractivity contribution in [3.05, 3.63) is 29.1 Å². The highest BCUT2D eigenvalue weighted by Gasteiger charge is 2.36. The Morgan fingerprint density at radius 2 is 2.00 bits per heavy atom. The fraction of sp³-hybridized carbons (Fsp3) is 0.222.